The fraction of sp³-hybridized carbons (Fsp3) is 0.600. The van der Waals surface area contributed by atoms with Crippen LogP contribution in [0.2, 0.25) is 0 Å². The molecule has 1 heterocycles. The van der Waals surface area contributed by atoms with E-state index in [1.807, 2.05) is 6.07 Å². The van der Waals surface area contributed by atoms with Gasteiger partial charge >= 0.3 is 0 Å². The zero-order chi connectivity index (χ0) is 12.8. The number of benzene rings is 1. The van der Waals surface area contributed by atoms with Crippen LogP contribution in [0, 0.1) is 17.7 Å². The zero-order valence-electron chi connectivity index (χ0n) is 11.1. The van der Waals surface area contributed by atoms with Crippen molar-refractivity contribution in [3.63, 3.8) is 0 Å². The molecule has 3 rings (SSSR count). The molecule has 19 heavy (non-hydrogen) atoms. The fourth-order valence-corrected chi connectivity index (χ4v) is 3.88. The zero-order valence-corrected chi connectivity index (χ0v) is 11.9. The summed E-state index contributed by atoms with van der Waals surface area (Å²) in [5.41, 5.74) is -0.512. The first-order chi connectivity index (χ1) is 8.63. The number of aliphatic hydroxyl groups is 1. The molecule has 1 aliphatic heterocycles. The number of fused-ring (bicyclic) bond motifs is 1. The highest BCUT2D eigenvalue weighted by molar-refractivity contribution is 5.85. The van der Waals surface area contributed by atoms with Crippen LogP contribution >= 0.6 is 12.4 Å². The van der Waals surface area contributed by atoms with E-state index in [0.717, 1.165) is 19.4 Å². The molecule has 1 aliphatic carbocycles. The Morgan fingerprint density at radius 1 is 1.37 bits per heavy atom. The molecule has 1 saturated carbocycles. The molecular weight excluding hydrogens is 265 g/mol. The van der Waals surface area contributed by atoms with E-state index in [0.29, 0.717) is 23.9 Å². The lowest BCUT2D eigenvalue weighted by Gasteiger charge is -2.42. The topological polar surface area (TPSA) is 32.3 Å². The van der Waals surface area contributed by atoms with Crippen molar-refractivity contribution in [1.29, 1.82) is 0 Å². The summed E-state index contributed by atoms with van der Waals surface area (Å²) in [5.74, 6) is 0.321. The van der Waals surface area contributed by atoms with Crippen LogP contribution < -0.4 is 5.32 Å². The predicted octanol–water partition coefficient (Wildman–Crippen LogP) is 2.84. The van der Waals surface area contributed by atoms with Gasteiger partial charge in [0, 0.05) is 24.1 Å². The van der Waals surface area contributed by atoms with Gasteiger partial charge in [-0.25, -0.2) is 4.39 Å². The molecule has 0 spiro atoms. The molecule has 106 valence electrons. The number of rotatable bonds is 1. The Kier molecular flexibility index (Phi) is 4.19. The number of hydrogen-bond acceptors (Lipinski definition) is 2. The second kappa shape index (κ2) is 5.39. The monoisotopic (exact) mass is 285 g/mol. The lowest BCUT2D eigenvalue weighted by atomic mass is 9.66. The summed E-state index contributed by atoms with van der Waals surface area (Å²) in [6.45, 7) is 2.95. The summed E-state index contributed by atoms with van der Waals surface area (Å²) in [6, 6.07) is 7.10. The molecule has 1 aromatic rings. The average Bonchev–Trinajstić information content (AvgIpc) is 2.74. The summed E-state index contributed by atoms with van der Waals surface area (Å²) in [4.78, 5) is 0. The smallest absolute Gasteiger partial charge is 0.129 e. The molecule has 2 fully saturated rings. The summed E-state index contributed by atoms with van der Waals surface area (Å²) >= 11 is 0. The van der Waals surface area contributed by atoms with Crippen molar-refractivity contribution >= 4 is 12.4 Å². The van der Waals surface area contributed by atoms with Crippen molar-refractivity contribution in [3.05, 3.63) is 35.6 Å². The lowest BCUT2D eigenvalue weighted by molar-refractivity contribution is -0.0687. The highest BCUT2D eigenvalue weighted by Gasteiger charge is 2.50. The van der Waals surface area contributed by atoms with Gasteiger partial charge in [-0.3, -0.25) is 0 Å². The second-order valence-corrected chi connectivity index (χ2v) is 5.76. The fourth-order valence-electron chi connectivity index (χ4n) is 3.88. The molecule has 4 heteroatoms. The molecule has 2 nitrogen and oxygen atoms in total. The van der Waals surface area contributed by atoms with Gasteiger partial charge in [0.2, 0.25) is 0 Å². The van der Waals surface area contributed by atoms with E-state index in [1.54, 1.807) is 12.1 Å². The Morgan fingerprint density at radius 2 is 2.11 bits per heavy atom. The molecule has 4 unspecified atom stereocenters. The Labute approximate surface area is 119 Å². The van der Waals surface area contributed by atoms with Crippen molar-refractivity contribution in [2.75, 3.05) is 6.54 Å². The second-order valence-electron chi connectivity index (χ2n) is 5.76. The molecule has 2 N–H and O–H groups in total. The highest BCUT2D eigenvalue weighted by Crippen LogP contribution is 2.48. The van der Waals surface area contributed by atoms with Gasteiger partial charge < -0.3 is 10.4 Å². The van der Waals surface area contributed by atoms with Gasteiger partial charge in [0.1, 0.15) is 5.82 Å². The molecule has 1 aromatic carbocycles. The average molecular weight is 286 g/mol. The summed E-state index contributed by atoms with van der Waals surface area (Å²) in [6.07, 6.45) is 2.77. The molecule has 0 bridgehead atoms. The first-order valence-corrected chi connectivity index (χ1v) is 6.83. The Morgan fingerprint density at radius 3 is 2.84 bits per heavy atom. The van der Waals surface area contributed by atoms with Crippen LogP contribution in [0.3, 0.4) is 0 Å². The van der Waals surface area contributed by atoms with E-state index in [9.17, 15) is 9.50 Å². The van der Waals surface area contributed by atoms with Crippen molar-refractivity contribution in [1.82, 2.24) is 5.32 Å². The van der Waals surface area contributed by atoms with E-state index in [2.05, 4.69) is 12.2 Å². The van der Waals surface area contributed by atoms with Gasteiger partial charge in [-0.15, -0.1) is 12.4 Å². The van der Waals surface area contributed by atoms with Gasteiger partial charge in [0.25, 0.3) is 0 Å². The first kappa shape index (κ1) is 14.8. The number of nitrogens with one attached hydrogen (secondary N) is 1. The highest BCUT2D eigenvalue weighted by atomic mass is 35.5. The third-order valence-corrected chi connectivity index (χ3v) is 4.87. The molecule has 0 aromatic heterocycles. The van der Waals surface area contributed by atoms with Crippen LogP contribution in [-0.2, 0) is 5.60 Å². The quantitative estimate of drug-likeness (QED) is 0.832. The van der Waals surface area contributed by atoms with Gasteiger partial charge in [-0.1, -0.05) is 18.2 Å². The molecule has 2 aliphatic rings. The first-order valence-electron chi connectivity index (χ1n) is 6.83. The Hall–Kier alpha value is -0.640. The molecule has 4 atom stereocenters. The van der Waals surface area contributed by atoms with Crippen molar-refractivity contribution < 1.29 is 9.50 Å². The largest absolute Gasteiger partial charge is 0.385 e. The third-order valence-electron chi connectivity index (χ3n) is 4.87. The van der Waals surface area contributed by atoms with Crippen molar-refractivity contribution in [2.24, 2.45) is 11.8 Å². The maximum absolute atomic E-state index is 14.0. The van der Waals surface area contributed by atoms with Crippen LogP contribution in [0.25, 0.3) is 0 Å². The van der Waals surface area contributed by atoms with Crippen molar-refractivity contribution in [3.8, 4) is 0 Å². The van der Waals surface area contributed by atoms with Gasteiger partial charge in [0.15, 0.2) is 0 Å². The molecule has 0 radical (unpaired) electrons. The van der Waals surface area contributed by atoms with Crippen LogP contribution in [0.15, 0.2) is 24.3 Å². The van der Waals surface area contributed by atoms with Crippen LogP contribution in [0.5, 0.6) is 0 Å². The summed E-state index contributed by atoms with van der Waals surface area (Å²) in [7, 11) is 0. The summed E-state index contributed by atoms with van der Waals surface area (Å²) < 4.78 is 14.0. The van der Waals surface area contributed by atoms with Gasteiger partial charge in [-0.2, -0.15) is 0 Å². The van der Waals surface area contributed by atoms with E-state index in [4.69, 9.17) is 0 Å². The normalized spacial score (nSPS) is 37.5. The Balaban J connectivity index is 0.00000133. The summed E-state index contributed by atoms with van der Waals surface area (Å²) in [5, 5.41) is 14.5. The standard InChI is InChI=1S/C15H20FNO.ClH/c1-10-11-5-4-8-15(18,13(11)9-17-10)12-6-2-3-7-14(12)16;/h2-3,6-7,10-11,13,17-18H,4-5,8-9H2,1H3;1H. The number of hydrogen-bond donors (Lipinski definition) is 2. The van der Waals surface area contributed by atoms with Crippen LogP contribution in [-0.4, -0.2) is 17.7 Å². The SMILES string of the molecule is CC1NCC2C1CCCC2(O)c1ccccc1F.Cl. The molecular formula is C15H21ClFNO. The lowest BCUT2D eigenvalue weighted by Crippen LogP contribution is -2.43. The minimum atomic E-state index is -0.994. The molecule has 1 saturated heterocycles. The maximum atomic E-state index is 14.0. The third kappa shape index (κ3) is 2.28. The maximum Gasteiger partial charge on any atom is 0.129 e. The van der Waals surface area contributed by atoms with E-state index in [-0.39, 0.29) is 24.1 Å². The van der Waals surface area contributed by atoms with E-state index >= 15 is 0 Å². The Bertz CT molecular complexity index is 456. The van der Waals surface area contributed by atoms with Gasteiger partial charge in [0.05, 0.1) is 5.60 Å². The number of halogens is 2. The van der Waals surface area contributed by atoms with Crippen LogP contribution in [0.1, 0.15) is 31.7 Å². The van der Waals surface area contributed by atoms with E-state index < -0.39 is 5.60 Å². The minimum Gasteiger partial charge on any atom is -0.385 e. The van der Waals surface area contributed by atoms with E-state index in [1.165, 1.54) is 6.07 Å². The molecule has 0 amide bonds. The van der Waals surface area contributed by atoms with Crippen LogP contribution in [0.4, 0.5) is 4.39 Å². The van der Waals surface area contributed by atoms with Crippen molar-refractivity contribution in [2.45, 2.75) is 37.8 Å². The predicted molar refractivity (Wildman–Crippen MR) is 75.8 cm³/mol. The van der Waals surface area contributed by atoms with Gasteiger partial charge in [-0.05, 0) is 38.2 Å². The minimum absolute atomic E-state index is 0.